The lowest BCUT2D eigenvalue weighted by atomic mass is 10.1. The minimum Gasteiger partial charge on any atom is -0.494 e. The Bertz CT molecular complexity index is 795. The molecule has 3 rings (SSSR count). The van der Waals surface area contributed by atoms with E-state index in [0.717, 1.165) is 26.4 Å². The van der Waals surface area contributed by atoms with Crippen LogP contribution in [0.1, 0.15) is 11.1 Å². The van der Waals surface area contributed by atoms with Crippen LogP contribution >= 0.6 is 15.9 Å². The Morgan fingerprint density at radius 2 is 2.05 bits per heavy atom. The molecule has 1 heterocycles. The van der Waals surface area contributed by atoms with Crippen LogP contribution in [0.15, 0.2) is 47.1 Å². The quantitative estimate of drug-likeness (QED) is 0.728. The van der Waals surface area contributed by atoms with Crippen LogP contribution in [0.25, 0.3) is 10.8 Å². The number of rotatable bonds is 2. The van der Waals surface area contributed by atoms with Crippen molar-refractivity contribution in [3.63, 3.8) is 0 Å². The van der Waals surface area contributed by atoms with Crippen molar-refractivity contribution in [2.24, 2.45) is 0 Å². The summed E-state index contributed by atoms with van der Waals surface area (Å²) in [6, 6.07) is 10.3. The molecular weight excluding hydrogens is 321 g/mol. The molecule has 0 aliphatic heterocycles. The average molecular weight is 334 g/mol. The van der Waals surface area contributed by atoms with Crippen molar-refractivity contribution >= 4 is 26.7 Å². The molecule has 1 aromatic heterocycles. The first-order valence-corrected chi connectivity index (χ1v) is 7.06. The van der Waals surface area contributed by atoms with E-state index in [1.165, 1.54) is 12.1 Å². The summed E-state index contributed by atoms with van der Waals surface area (Å²) in [5, 5.41) is 12.1. The van der Waals surface area contributed by atoms with Crippen LogP contribution in [-0.4, -0.2) is 9.67 Å². The van der Waals surface area contributed by atoms with E-state index in [1.54, 1.807) is 10.6 Å². The minimum atomic E-state index is -0.266. The number of aromatic hydroxyl groups is 1. The largest absolute Gasteiger partial charge is 0.494 e. The zero-order valence-corrected chi connectivity index (χ0v) is 12.5. The van der Waals surface area contributed by atoms with Gasteiger partial charge in [0.05, 0.1) is 6.54 Å². The lowest BCUT2D eigenvalue weighted by Crippen LogP contribution is -1.97. The van der Waals surface area contributed by atoms with Gasteiger partial charge in [-0.25, -0.2) is 4.39 Å². The SMILES string of the molecule is Cc1cc(Br)cc2cn(Cc3cccc(F)c3)c(O)c12. The van der Waals surface area contributed by atoms with Crippen LogP contribution in [0.3, 0.4) is 0 Å². The molecule has 0 bridgehead atoms. The standard InChI is InChI=1S/C16H13BrFNO/c1-10-5-13(17)7-12-9-19(16(20)15(10)12)8-11-3-2-4-14(18)6-11/h2-7,9,20H,8H2,1H3. The summed E-state index contributed by atoms with van der Waals surface area (Å²) in [6.45, 7) is 2.40. The molecule has 0 unspecified atom stereocenters. The lowest BCUT2D eigenvalue weighted by molar-refractivity contribution is 0.430. The van der Waals surface area contributed by atoms with Gasteiger partial charge in [-0.2, -0.15) is 0 Å². The fourth-order valence-corrected chi connectivity index (χ4v) is 3.09. The van der Waals surface area contributed by atoms with Crippen molar-refractivity contribution in [3.8, 4) is 5.88 Å². The molecule has 0 spiro atoms. The van der Waals surface area contributed by atoms with E-state index in [4.69, 9.17) is 0 Å². The number of halogens is 2. The van der Waals surface area contributed by atoms with E-state index in [2.05, 4.69) is 15.9 Å². The molecule has 1 N–H and O–H groups in total. The number of aromatic nitrogens is 1. The summed E-state index contributed by atoms with van der Waals surface area (Å²) in [4.78, 5) is 0. The number of fused-ring (bicyclic) bond motifs is 1. The molecule has 0 aliphatic rings. The Hall–Kier alpha value is -1.81. The maximum Gasteiger partial charge on any atom is 0.199 e. The van der Waals surface area contributed by atoms with Gasteiger partial charge in [0, 0.05) is 21.4 Å². The van der Waals surface area contributed by atoms with E-state index in [9.17, 15) is 9.50 Å². The topological polar surface area (TPSA) is 25.2 Å². The summed E-state index contributed by atoms with van der Waals surface area (Å²) >= 11 is 3.45. The van der Waals surface area contributed by atoms with Gasteiger partial charge < -0.3 is 9.67 Å². The Labute approximate surface area is 124 Å². The van der Waals surface area contributed by atoms with E-state index in [-0.39, 0.29) is 11.7 Å². The first-order chi connectivity index (χ1) is 9.54. The average Bonchev–Trinajstić information content (AvgIpc) is 2.66. The lowest BCUT2D eigenvalue weighted by Gasteiger charge is -2.05. The van der Waals surface area contributed by atoms with Crippen molar-refractivity contribution in [3.05, 3.63) is 64.0 Å². The molecule has 0 fully saturated rings. The second kappa shape index (κ2) is 4.94. The Kier molecular flexibility index (Phi) is 3.26. The van der Waals surface area contributed by atoms with Crippen molar-refractivity contribution in [1.29, 1.82) is 0 Å². The van der Waals surface area contributed by atoms with Crippen molar-refractivity contribution in [2.45, 2.75) is 13.5 Å². The molecule has 0 aliphatic carbocycles. The molecule has 0 amide bonds. The summed E-state index contributed by atoms with van der Waals surface area (Å²) in [6.07, 6.45) is 1.88. The minimum absolute atomic E-state index is 0.217. The molecule has 0 saturated heterocycles. The van der Waals surface area contributed by atoms with Gasteiger partial charge >= 0.3 is 0 Å². The van der Waals surface area contributed by atoms with E-state index in [0.29, 0.717) is 6.54 Å². The van der Waals surface area contributed by atoms with Crippen LogP contribution in [0.4, 0.5) is 4.39 Å². The zero-order chi connectivity index (χ0) is 14.3. The fourth-order valence-electron chi connectivity index (χ4n) is 2.50. The number of benzene rings is 2. The van der Waals surface area contributed by atoms with Gasteiger partial charge in [0.15, 0.2) is 5.88 Å². The molecule has 20 heavy (non-hydrogen) atoms. The fraction of sp³-hybridized carbons (Fsp3) is 0.125. The Morgan fingerprint density at radius 3 is 2.80 bits per heavy atom. The Balaban J connectivity index is 2.09. The van der Waals surface area contributed by atoms with Gasteiger partial charge in [-0.3, -0.25) is 0 Å². The summed E-state index contributed by atoms with van der Waals surface area (Å²) in [7, 11) is 0. The van der Waals surface area contributed by atoms with Crippen LogP contribution in [0, 0.1) is 12.7 Å². The smallest absolute Gasteiger partial charge is 0.199 e. The first-order valence-electron chi connectivity index (χ1n) is 6.27. The highest BCUT2D eigenvalue weighted by Gasteiger charge is 2.11. The molecule has 2 aromatic carbocycles. The van der Waals surface area contributed by atoms with Crippen LogP contribution in [0.5, 0.6) is 5.88 Å². The van der Waals surface area contributed by atoms with Crippen LogP contribution in [-0.2, 0) is 6.54 Å². The predicted octanol–water partition coefficient (Wildman–Crippen LogP) is 4.61. The molecule has 102 valence electrons. The van der Waals surface area contributed by atoms with E-state index < -0.39 is 0 Å². The molecule has 0 radical (unpaired) electrons. The van der Waals surface area contributed by atoms with Gasteiger partial charge in [-0.05, 0) is 42.3 Å². The number of hydrogen-bond acceptors (Lipinski definition) is 1. The highest BCUT2D eigenvalue weighted by Crippen LogP contribution is 2.33. The predicted molar refractivity (Wildman–Crippen MR) is 81.5 cm³/mol. The molecule has 3 aromatic rings. The normalized spacial score (nSPS) is 11.2. The number of aryl methyl sites for hydroxylation is 1. The van der Waals surface area contributed by atoms with Crippen molar-refractivity contribution < 1.29 is 9.50 Å². The number of hydrogen-bond donors (Lipinski definition) is 1. The third kappa shape index (κ3) is 2.31. The second-order valence-electron chi connectivity index (χ2n) is 4.90. The molecule has 2 nitrogen and oxygen atoms in total. The zero-order valence-electron chi connectivity index (χ0n) is 10.9. The summed E-state index contributed by atoms with van der Waals surface area (Å²) in [5.74, 6) is -0.0492. The monoisotopic (exact) mass is 333 g/mol. The third-order valence-corrected chi connectivity index (χ3v) is 3.82. The van der Waals surface area contributed by atoms with Gasteiger partial charge in [0.2, 0.25) is 0 Å². The van der Waals surface area contributed by atoms with Gasteiger partial charge in [-0.15, -0.1) is 0 Å². The van der Waals surface area contributed by atoms with Crippen molar-refractivity contribution in [1.82, 2.24) is 4.57 Å². The summed E-state index contributed by atoms with van der Waals surface area (Å²) < 4.78 is 15.9. The third-order valence-electron chi connectivity index (χ3n) is 3.36. The van der Waals surface area contributed by atoms with Gasteiger partial charge in [0.1, 0.15) is 5.82 Å². The summed E-state index contributed by atoms with van der Waals surface area (Å²) in [5.41, 5.74) is 1.82. The number of nitrogens with zero attached hydrogens (tertiary/aromatic N) is 1. The van der Waals surface area contributed by atoms with E-state index in [1.807, 2.05) is 31.3 Å². The van der Waals surface area contributed by atoms with E-state index >= 15 is 0 Å². The van der Waals surface area contributed by atoms with Gasteiger partial charge in [0.25, 0.3) is 0 Å². The first kappa shape index (κ1) is 13.2. The maximum absolute atomic E-state index is 13.2. The maximum atomic E-state index is 13.2. The second-order valence-corrected chi connectivity index (χ2v) is 5.81. The molecule has 0 atom stereocenters. The van der Waals surface area contributed by atoms with Crippen LogP contribution in [0.2, 0.25) is 0 Å². The molecular formula is C16H13BrFNO. The highest BCUT2D eigenvalue weighted by molar-refractivity contribution is 9.10. The Morgan fingerprint density at radius 1 is 1.25 bits per heavy atom. The highest BCUT2D eigenvalue weighted by atomic mass is 79.9. The van der Waals surface area contributed by atoms with Crippen molar-refractivity contribution in [2.75, 3.05) is 0 Å². The molecule has 0 saturated carbocycles. The van der Waals surface area contributed by atoms with Gasteiger partial charge in [-0.1, -0.05) is 28.1 Å². The molecule has 4 heteroatoms. The van der Waals surface area contributed by atoms with Crippen LogP contribution < -0.4 is 0 Å².